The quantitative estimate of drug-likeness (QED) is 0.223. The summed E-state index contributed by atoms with van der Waals surface area (Å²) in [5.74, 6) is 0.404. The van der Waals surface area contributed by atoms with Gasteiger partial charge in [-0.2, -0.15) is 5.26 Å². The monoisotopic (exact) mass is 585 g/mol. The van der Waals surface area contributed by atoms with Crippen molar-refractivity contribution in [1.29, 1.82) is 5.26 Å². The highest BCUT2D eigenvalue weighted by atomic mass is 16.3. The van der Waals surface area contributed by atoms with E-state index >= 15 is 0 Å². The summed E-state index contributed by atoms with van der Waals surface area (Å²) in [4.78, 5) is 9.48. The van der Waals surface area contributed by atoms with Gasteiger partial charge >= 0.3 is 0 Å². The Hall–Kier alpha value is -5.21. The first-order valence-electron chi connectivity index (χ1n) is 18.6. The number of nitrogens with zero attached hydrogens (tertiary/aromatic N) is 4. The molecule has 5 nitrogen and oxygen atoms in total. The fourth-order valence-electron chi connectivity index (χ4n) is 5.34. The minimum absolute atomic E-state index is 0.00224. The third kappa shape index (κ3) is 5.36. The molecule has 218 valence electrons. The summed E-state index contributed by atoms with van der Waals surface area (Å²) >= 11 is 0. The van der Waals surface area contributed by atoms with Crippen LogP contribution in [0, 0.1) is 11.3 Å². The number of aromatic nitrogens is 3. The Morgan fingerprint density at radius 1 is 0.773 bits per heavy atom. The van der Waals surface area contributed by atoms with Crippen molar-refractivity contribution in [1.82, 2.24) is 14.5 Å². The van der Waals surface area contributed by atoms with Gasteiger partial charge < -0.3 is 5.11 Å². The Kier molecular flexibility index (Phi) is 4.88. The van der Waals surface area contributed by atoms with E-state index in [0.717, 1.165) is 11.3 Å². The summed E-state index contributed by atoms with van der Waals surface area (Å²) in [5, 5.41) is 20.9. The van der Waals surface area contributed by atoms with Gasteiger partial charge in [0.15, 0.2) is 0 Å². The third-order valence-corrected chi connectivity index (χ3v) is 7.66. The number of rotatable bonds is 4. The van der Waals surface area contributed by atoms with E-state index in [1.54, 1.807) is 24.3 Å². The first-order chi connectivity index (χ1) is 24.7. The number of aromatic hydroxyl groups is 1. The van der Waals surface area contributed by atoms with Crippen molar-refractivity contribution in [3.63, 3.8) is 0 Å². The van der Waals surface area contributed by atoms with E-state index in [0.29, 0.717) is 28.0 Å². The molecule has 0 radical (unpaired) electrons. The van der Waals surface area contributed by atoms with Gasteiger partial charge in [-0.3, -0.25) is 9.55 Å². The fourth-order valence-corrected chi connectivity index (χ4v) is 5.34. The van der Waals surface area contributed by atoms with Crippen LogP contribution in [0.5, 0.6) is 5.75 Å². The molecule has 0 unspecified atom stereocenters. The highest BCUT2D eigenvalue weighted by molar-refractivity contribution is 5.96. The van der Waals surface area contributed by atoms with Crippen LogP contribution < -0.4 is 0 Å². The van der Waals surface area contributed by atoms with Crippen molar-refractivity contribution >= 4 is 11.0 Å². The molecule has 2 heterocycles. The van der Waals surface area contributed by atoms with Crippen molar-refractivity contribution in [2.45, 2.75) is 52.2 Å². The van der Waals surface area contributed by atoms with Crippen molar-refractivity contribution in [3.8, 4) is 51.3 Å². The molecule has 6 aromatic rings. The van der Waals surface area contributed by atoms with Gasteiger partial charge in [0.2, 0.25) is 0 Å². The highest BCUT2D eigenvalue weighted by Crippen LogP contribution is 2.40. The van der Waals surface area contributed by atoms with Crippen molar-refractivity contribution in [3.05, 3.63) is 120 Å². The minimum atomic E-state index is -3.52. The van der Waals surface area contributed by atoms with Crippen molar-refractivity contribution < 1.29 is 17.4 Å². The van der Waals surface area contributed by atoms with Crippen LogP contribution in [-0.2, 0) is 10.8 Å². The van der Waals surface area contributed by atoms with Gasteiger partial charge in [0, 0.05) is 35.3 Å². The van der Waals surface area contributed by atoms with Gasteiger partial charge in [0.1, 0.15) is 11.6 Å². The summed E-state index contributed by atoms with van der Waals surface area (Å²) in [6.07, 6.45) is 1.39. The number of hydrogen-bond donors (Lipinski definition) is 1. The number of fused-ring (bicyclic) bond motifs is 1. The molecule has 0 saturated heterocycles. The molecule has 5 heteroatoms. The van der Waals surface area contributed by atoms with E-state index in [4.69, 9.17) is 17.3 Å². The van der Waals surface area contributed by atoms with Gasteiger partial charge in [-0.1, -0.05) is 83.8 Å². The SMILES string of the molecule is [2H]C([2H])([2H])C(c1cc(-c2cc(C#N)ccn2)cc(-c2cccc3c2nc(-c2cc(C(C)(C)C)ccc2O)n3-c2ccccc2)c1)(C([2H])([2H])[2H])C([2H])([2H])[2H]. The van der Waals surface area contributed by atoms with Gasteiger partial charge in [-0.05, 0) is 82.1 Å². The summed E-state index contributed by atoms with van der Waals surface area (Å²) < 4.78 is 77.9. The lowest BCUT2D eigenvalue weighted by atomic mass is 9.83. The molecule has 0 atom stereocenters. The topological polar surface area (TPSA) is 74.7 Å². The Labute approximate surface area is 271 Å². The summed E-state index contributed by atoms with van der Waals surface area (Å²) in [6.45, 7) is -4.39. The van der Waals surface area contributed by atoms with E-state index in [1.807, 2.05) is 59.2 Å². The Morgan fingerprint density at radius 2 is 1.55 bits per heavy atom. The highest BCUT2D eigenvalue weighted by Gasteiger charge is 2.23. The summed E-state index contributed by atoms with van der Waals surface area (Å²) in [5.41, 5.74) is 0.473. The molecule has 2 aromatic heterocycles. The molecule has 0 saturated carbocycles. The molecule has 0 bridgehead atoms. The first-order valence-corrected chi connectivity index (χ1v) is 14.1. The second-order valence-corrected chi connectivity index (χ2v) is 11.9. The molecule has 0 spiro atoms. The van der Waals surface area contributed by atoms with Crippen LogP contribution >= 0.6 is 0 Å². The van der Waals surface area contributed by atoms with Crippen LogP contribution in [0.4, 0.5) is 0 Å². The van der Waals surface area contributed by atoms with Gasteiger partial charge in [0.25, 0.3) is 0 Å². The minimum Gasteiger partial charge on any atom is -0.507 e. The van der Waals surface area contributed by atoms with Crippen molar-refractivity contribution in [2.24, 2.45) is 0 Å². The molecule has 0 aliphatic heterocycles. The van der Waals surface area contributed by atoms with Crippen molar-refractivity contribution in [2.75, 3.05) is 0 Å². The molecule has 0 amide bonds. The van der Waals surface area contributed by atoms with Crippen LogP contribution in [0.3, 0.4) is 0 Å². The van der Waals surface area contributed by atoms with E-state index in [1.165, 1.54) is 30.5 Å². The normalized spacial score (nSPS) is 15.8. The van der Waals surface area contributed by atoms with Crippen LogP contribution in [0.2, 0.25) is 0 Å². The number of hydrogen-bond acceptors (Lipinski definition) is 4. The van der Waals surface area contributed by atoms with E-state index < -0.39 is 31.5 Å². The Balaban J connectivity index is 1.75. The number of para-hydroxylation sites is 2. The fraction of sp³-hybridized carbons (Fsp3) is 0.205. The van der Waals surface area contributed by atoms with Gasteiger partial charge in [0.05, 0.1) is 33.9 Å². The molecule has 0 aliphatic rings. The molecular weight excluding hydrogens is 540 g/mol. The average Bonchev–Trinajstić information content (AvgIpc) is 3.46. The second kappa shape index (κ2) is 10.8. The van der Waals surface area contributed by atoms with E-state index in [2.05, 4.69) is 25.8 Å². The zero-order chi connectivity index (χ0) is 38.7. The molecule has 4 aromatic carbocycles. The summed E-state index contributed by atoms with van der Waals surface area (Å²) in [7, 11) is 0. The Morgan fingerprint density at radius 3 is 2.27 bits per heavy atom. The van der Waals surface area contributed by atoms with Gasteiger partial charge in [-0.15, -0.1) is 0 Å². The number of phenolic OH excluding ortho intramolecular Hbond substituents is 1. The third-order valence-electron chi connectivity index (χ3n) is 7.66. The van der Waals surface area contributed by atoms with Crippen LogP contribution in [0.25, 0.3) is 50.5 Å². The zero-order valence-corrected chi connectivity index (χ0v) is 24.6. The number of nitriles is 1. The molecule has 1 N–H and O–H groups in total. The predicted molar refractivity (Wildman–Crippen MR) is 179 cm³/mol. The van der Waals surface area contributed by atoms with Crippen LogP contribution in [0.1, 0.15) is 70.4 Å². The zero-order valence-electron chi connectivity index (χ0n) is 33.6. The predicted octanol–water partition coefficient (Wildman–Crippen LogP) is 9.59. The van der Waals surface area contributed by atoms with Gasteiger partial charge in [-0.25, -0.2) is 4.98 Å². The standard InChI is InChI=1S/C39H36N4O/c1-38(2,3)28-15-16-35(44)32(23-28)37-42-36-31(13-10-14-34(36)43(37)30-11-8-7-9-12-30)26-20-27(22-29(21-26)39(4,5)6)33-19-25(24-40)17-18-41-33/h7-23,44H,1-6H3/i4D3,5D3,6D3. The number of phenols is 1. The second-order valence-electron chi connectivity index (χ2n) is 11.9. The van der Waals surface area contributed by atoms with E-state index in [9.17, 15) is 10.4 Å². The molecule has 0 fully saturated rings. The number of imidazole rings is 1. The summed E-state index contributed by atoms with van der Waals surface area (Å²) in [6, 6.07) is 29.2. The molecule has 44 heavy (non-hydrogen) atoms. The lowest BCUT2D eigenvalue weighted by Crippen LogP contribution is -2.11. The Bertz CT molecular complexity index is 2340. The maximum atomic E-state index is 11.3. The lowest BCUT2D eigenvalue weighted by Gasteiger charge is -2.21. The average molecular weight is 586 g/mol. The number of pyridine rings is 1. The molecule has 6 rings (SSSR count). The largest absolute Gasteiger partial charge is 0.507 e. The molecular formula is C39H36N4O. The lowest BCUT2D eigenvalue weighted by molar-refractivity contribution is 0.475. The first kappa shape index (κ1) is 19.9. The maximum Gasteiger partial charge on any atom is 0.149 e. The smallest absolute Gasteiger partial charge is 0.149 e. The number of benzene rings is 4. The molecule has 0 aliphatic carbocycles. The van der Waals surface area contributed by atoms with E-state index in [-0.39, 0.29) is 33.5 Å². The van der Waals surface area contributed by atoms with Crippen LogP contribution in [-0.4, -0.2) is 19.6 Å². The maximum absolute atomic E-state index is 11.3. The van der Waals surface area contributed by atoms with Crippen LogP contribution in [0.15, 0.2) is 103 Å².